The molecule has 0 N–H and O–H groups in total. The Morgan fingerprint density at radius 3 is 1.48 bits per heavy atom. The molecule has 139 valence electrons. The van der Waals surface area contributed by atoms with E-state index in [1.165, 1.54) is 57.4 Å². The molecule has 0 aliphatic carbocycles. The maximum Gasteiger partial charge on any atom is 0.311 e. The van der Waals surface area contributed by atoms with Gasteiger partial charge in [-0.25, -0.2) is 0 Å². The van der Waals surface area contributed by atoms with Gasteiger partial charge < -0.3 is 8.23 Å². The van der Waals surface area contributed by atoms with E-state index in [2.05, 4.69) is 52.8 Å². The highest BCUT2D eigenvalue weighted by molar-refractivity contribution is 6.87. The lowest BCUT2D eigenvalue weighted by atomic mass is 10.1. The van der Waals surface area contributed by atoms with Gasteiger partial charge in [0.1, 0.15) is 0 Å². The summed E-state index contributed by atoms with van der Waals surface area (Å²) in [6.07, 6.45) is 12.1. The van der Waals surface area contributed by atoms with E-state index in [9.17, 15) is 0 Å². The Labute approximate surface area is 150 Å². The molecule has 0 aliphatic rings. The summed E-state index contributed by atoms with van der Waals surface area (Å²) in [5.41, 5.74) is 0. The minimum absolute atomic E-state index is 1.10. The first-order valence-corrected chi connectivity index (χ1v) is 19.0. The van der Waals surface area contributed by atoms with Crippen molar-refractivity contribution < 1.29 is 8.23 Å². The fraction of sp³-hybridized carbons (Fsp3) is 0.944. The van der Waals surface area contributed by atoms with E-state index in [1.54, 1.807) is 0 Å². The molecule has 1 radical (unpaired) electrons. The lowest BCUT2D eigenvalue weighted by Gasteiger charge is -2.37. The average Bonchev–Trinajstić information content (AvgIpc) is 2.32. The maximum absolute atomic E-state index is 6.56. The van der Waals surface area contributed by atoms with Crippen LogP contribution in [0.2, 0.25) is 51.9 Å². The maximum atomic E-state index is 6.56. The van der Waals surface area contributed by atoms with Gasteiger partial charge in [0.25, 0.3) is 0 Å². The second kappa shape index (κ2) is 11.2. The zero-order valence-corrected chi connectivity index (χ0v) is 20.1. The molecule has 2 nitrogen and oxygen atoms in total. The van der Waals surface area contributed by atoms with Crippen molar-refractivity contribution in [1.82, 2.24) is 0 Å². The number of hydrogen-bond acceptors (Lipinski definition) is 2. The zero-order valence-electron chi connectivity index (χ0n) is 17.1. The summed E-state index contributed by atoms with van der Waals surface area (Å²) in [5.74, 6) is 0. The van der Waals surface area contributed by atoms with Gasteiger partial charge in [-0.05, 0) is 51.9 Å². The highest BCUT2D eigenvalue weighted by Gasteiger charge is 2.37. The minimum Gasteiger partial charge on any atom is -0.437 e. The van der Waals surface area contributed by atoms with Crippen LogP contribution in [0.5, 0.6) is 0 Å². The number of hydrogen-bond donors (Lipinski definition) is 0. The molecular formula is C18H43O2Si3. The monoisotopic (exact) mass is 375 g/mol. The molecule has 5 heteroatoms. The predicted molar refractivity (Wildman–Crippen MR) is 112 cm³/mol. The van der Waals surface area contributed by atoms with Crippen LogP contribution >= 0.6 is 0 Å². The Morgan fingerprint density at radius 2 is 1.04 bits per heavy atom. The average molecular weight is 376 g/mol. The van der Waals surface area contributed by atoms with Crippen molar-refractivity contribution in [3.8, 4) is 0 Å². The van der Waals surface area contributed by atoms with Crippen molar-refractivity contribution in [1.29, 1.82) is 0 Å². The zero-order chi connectivity index (χ0) is 18.0. The molecule has 0 bridgehead atoms. The van der Waals surface area contributed by atoms with Gasteiger partial charge in [0.2, 0.25) is 0 Å². The second-order valence-electron chi connectivity index (χ2n) is 8.91. The van der Waals surface area contributed by atoms with E-state index in [1.807, 2.05) is 0 Å². The summed E-state index contributed by atoms with van der Waals surface area (Å²) in [5, 5.41) is 0. The first kappa shape index (κ1) is 23.6. The minimum atomic E-state index is -1.95. The highest BCUT2D eigenvalue weighted by atomic mass is 28.5. The van der Waals surface area contributed by atoms with Gasteiger partial charge in [-0.1, -0.05) is 64.7 Å². The van der Waals surface area contributed by atoms with Crippen LogP contribution in [0.25, 0.3) is 0 Å². The molecular weight excluding hydrogens is 332 g/mol. The van der Waals surface area contributed by atoms with Crippen molar-refractivity contribution in [2.24, 2.45) is 0 Å². The number of unbranched alkanes of at least 4 members (excludes halogenated alkanes) is 8. The van der Waals surface area contributed by atoms with E-state index < -0.39 is 25.2 Å². The van der Waals surface area contributed by atoms with Crippen molar-refractivity contribution in [2.45, 2.75) is 110 Å². The largest absolute Gasteiger partial charge is 0.437 e. The van der Waals surface area contributed by atoms with Gasteiger partial charge in [-0.2, -0.15) is 0 Å². The van der Waals surface area contributed by atoms with Crippen LogP contribution in [-0.2, 0) is 8.23 Å². The fourth-order valence-electron chi connectivity index (χ4n) is 3.26. The van der Waals surface area contributed by atoms with Crippen molar-refractivity contribution in [3.63, 3.8) is 0 Å². The van der Waals surface area contributed by atoms with Crippen LogP contribution in [0.3, 0.4) is 0 Å². The standard InChI is InChI=1S/C18H43O2Si3/c1-9-10-11-12-13-14-15-16-17-18-22(5,6)20-23(7,8)19-21(2,3)4/h1,9-18H2,2-8H3. The van der Waals surface area contributed by atoms with E-state index >= 15 is 0 Å². The number of rotatable bonds is 14. The van der Waals surface area contributed by atoms with Gasteiger partial charge >= 0.3 is 8.56 Å². The van der Waals surface area contributed by atoms with Gasteiger partial charge in [0.15, 0.2) is 16.6 Å². The molecule has 0 rings (SSSR count). The summed E-state index contributed by atoms with van der Waals surface area (Å²) >= 11 is 0. The molecule has 0 unspecified atom stereocenters. The smallest absolute Gasteiger partial charge is 0.311 e. The van der Waals surface area contributed by atoms with Crippen molar-refractivity contribution in [3.05, 3.63) is 6.92 Å². The van der Waals surface area contributed by atoms with Crippen molar-refractivity contribution >= 4 is 25.2 Å². The third kappa shape index (κ3) is 15.8. The molecule has 0 aromatic carbocycles. The van der Waals surface area contributed by atoms with E-state index in [-0.39, 0.29) is 0 Å². The highest BCUT2D eigenvalue weighted by Crippen LogP contribution is 2.24. The molecule has 0 aromatic rings. The molecule has 0 amide bonds. The third-order valence-electron chi connectivity index (χ3n) is 3.85. The molecule has 23 heavy (non-hydrogen) atoms. The lowest BCUT2D eigenvalue weighted by Crippen LogP contribution is -2.51. The molecule has 0 spiro atoms. The molecule has 0 heterocycles. The first-order valence-electron chi connectivity index (χ1n) is 9.67. The summed E-state index contributed by atoms with van der Waals surface area (Å²) in [4.78, 5) is 0. The van der Waals surface area contributed by atoms with Gasteiger partial charge in [-0.15, -0.1) is 0 Å². The van der Waals surface area contributed by atoms with E-state index in [0.29, 0.717) is 0 Å². The second-order valence-corrected chi connectivity index (χ2v) is 21.6. The summed E-state index contributed by atoms with van der Waals surface area (Å²) in [7, 11) is -5.02. The van der Waals surface area contributed by atoms with Crippen molar-refractivity contribution in [2.75, 3.05) is 0 Å². The fourth-order valence-corrected chi connectivity index (χ4v) is 16.5. The molecule has 0 atom stereocenters. The molecule has 0 aliphatic heterocycles. The summed E-state index contributed by atoms with van der Waals surface area (Å²) < 4.78 is 12.9. The Kier molecular flexibility index (Phi) is 11.5. The Bertz CT molecular complexity index is 299. The van der Waals surface area contributed by atoms with Crippen LogP contribution in [0, 0.1) is 6.92 Å². The third-order valence-corrected chi connectivity index (χ3v) is 14.0. The van der Waals surface area contributed by atoms with Crippen LogP contribution in [0.4, 0.5) is 0 Å². The SMILES string of the molecule is [CH2]CCCCCCCCCC[Si](C)(C)O[Si](C)(C)O[Si](C)(C)C. The summed E-state index contributed by atoms with van der Waals surface area (Å²) in [6, 6.07) is 1.28. The predicted octanol–water partition coefficient (Wildman–Crippen LogP) is 7.11. The van der Waals surface area contributed by atoms with Crippen LogP contribution < -0.4 is 0 Å². The molecule has 0 fully saturated rings. The van der Waals surface area contributed by atoms with E-state index in [0.717, 1.165) is 6.42 Å². The van der Waals surface area contributed by atoms with Crippen LogP contribution in [-0.4, -0.2) is 25.2 Å². The molecule has 0 saturated carbocycles. The lowest BCUT2D eigenvalue weighted by molar-refractivity contribution is 0.390. The quantitative estimate of drug-likeness (QED) is 0.238. The van der Waals surface area contributed by atoms with Crippen LogP contribution in [0.1, 0.15) is 57.8 Å². The first-order chi connectivity index (χ1) is 10.5. The Morgan fingerprint density at radius 1 is 0.609 bits per heavy atom. The van der Waals surface area contributed by atoms with Crippen LogP contribution in [0.15, 0.2) is 0 Å². The topological polar surface area (TPSA) is 18.5 Å². The van der Waals surface area contributed by atoms with E-state index in [4.69, 9.17) is 8.23 Å². The summed E-state index contributed by atoms with van der Waals surface area (Å²) in [6.45, 7) is 19.9. The van der Waals surface area contributed by atoms with Gasteiger partial charge in [0.05, 0.1) is 0 Å². The van der Waals surface area contributed by atoms with Gasteiger partial charge in [-0.3, -0.25) is 0 Å². The Balaban J connectivity index is 3.83. The van der Waals surface area contributed by atoms with Gasteiger partial charge in [0, 0.05) is 0 Å². The Hall–Kier alpha value is 0.571. The molecule has 0 saturated heterocycles. The molecule has 0 aromatic heterocycles. The normalized spacial score (nSPS) is 13.6.